The topological polar surface area (TPSA) is 43.4 Å². The van der Waals surface area contributed by atoms with Crippen molar-refractivity contribution in [1.82, 2.24) is 0 Å². The molecule has 0 aromatic heterocycles. The van der Waals surface area contributed by atoms with Crippen LogP contribution in [0.2, 0.25) is 0 Å². The molecule has 0 rings (SSSR count). The number of hydrogen-bond donors (Lipinski definition) is 0. The first-order chi connectivity index (χ1) is 4.85. The lowest BCUT2D eigenvalue weighted by molar-refractivity contribution is -0.118. The van der Waals surface area contributed by atoms with Gasteiger partial charge < -0.3 is 14.3 Å². The quantitative estimate of drug-likeness (QED) is 0.512. The Kier molecular flexibility index (Phi) is 5.97. The van der Waals surface area contributed by atoms with Gasteiger partial charge in [0.15, 0.2) is 0 Å². The van der Waals surface area contributed by atoms with Crippen molar-refractivity contribution in [3.8, 4) is 0 Å². The van der Waals surface area contributed by atoms with Gasteiger partial charge in [-0.15, -0.1) is 0 Å². The van der Waals surface area contributed by atoms with Crippen LogP contribution in [0.25, 0.3) is 0 Å². The molecule has 0 saturated carbocycles. The third kappa shape index (κ3) is 4.21. The third-order valence-electron chi connectivity index (χ3n) is 1.10. The lowest BCUT2D eigenvalue weighted by atomic mass is 10.2. The number of carbonyl (C=O) groups excluding carboxylic acids is 2. The summed E-state index contributed by atoms with van der Waals surface area (Å²) < 4.78 is 4.97. The van der Waals surface area contributed by atoms with Gasteiger partial charge >= 0.3 is 0 Å². The maximum absolute atomic E-state index is 10.2. The molecule has 0 aliphatic carbocycles. The van der Waals surface area contributed by atoms with E-state index in [-0.39, 0.29) is 0 Å². The fourth-order valence-corrected chi connectivity index (χ4v) is 0.637. The van der Waals surface area contributed by atoms with Crippen molar-refractivity contribution in [2.45, 2.75) is 25.9 Å². The first-order valence-corrected chi connectivity index (χ1v) is 3.35. The number of rotatable bonds is 6. The van der Waals surface area contributed by atoms with Crippen molar-refractivity contribution in [1.29, 1.82) is 0 Å². The summed E-state index contributed by atoms with van der Waals surface area (Å²) in [5.74, 6) is 0. The highest BCUT2D eigenvalue weighted by Crippen LogP contribution is 1.96. The normalized spacial score (nSPS) is 12.5. The zero-order chi connectivity index (χ0) is 7.82. The molecule has 0 N–H and O–H groups in total. The lowest BCUT2D eigenvalue weighted by Crippen LogP contribution is -2.14. The molecule has 0 radical (unpaired) electrons. The standard InChI is InChI=1S/C7H12O3/c1-2-10-7(6-9)4-3-5-8/h5-7H,2-4H2,1H3. The minimum Gasteiger partial charge on any atom is -0.371 e. The van der Waals surface area contributed by atoms with Crippen molar-refractivity contribution in [2.24, 2.45) is 0 Å². The second-order valence-corrected chi connectivity index (χ2v) is 1.87. The molecule has 3 nitrogen and oxygen atoms in total. The highest BCUT2D eigenvalue weighted by Gasteiger charge is 2.04. The molecule has 0 bridgehead atoms. The van der Waals surface area contributed by atoms with Crippen LogP contribution in [0, 0.1) is 0 Å². The van der Waals surface area contributed by atoms with Crippen LogP contribution in [0.1, 0.15) is 19.8 Å². The molecular formula is C7H12O3. The Morgan fingerprint density at radius 1 is 1.50 bits per heavy atom. The molecule has 0 aromatic rings. The van der Waals surface area contributed by atoms with Gasteiger partial charge in [-0.3, -0.25) is 0 Å². The van der Waals surface area contributed by atoms with E-state index in [1.54, 1.807) is 0 Å². The van der Waals surface area contributed by atoms with E-state index < -0.39 is 6.10 Å². The minimum absolute atomic E-state index is 0.392. The van der Waals surface area contributed by atoms with Crippen molar-refractivity contribution in [2.75, 3.05) is 6.61 Å². The zero-order valence-corrected chi connectivity index (χ0v) is 6.08. The third-order valence-corrected chi connectivity index (χ3v) is 1.10. The van der Waals surface area contributed by atoms with Gasteiger partial charge in [0.2, 0.25) is 0 Å². The molecule has 58 valence electrons. The summed E-state index contributed by atoms with van der Waals surface area (Å²) in [4.78, 5) is 20.0. The largest absolute Gasteiger partial charge is 0.371 e. The first kappa shape index (κ1) is 9.30. The smallest absolute Gasteiger partial charge is 0.148 e. The van der Waals surface area contributed by atoms with E-state index in [0.29, 0.717) is 19.4 Å². The molecule has 0 aromatic carbocycles. The summed E-state index contributed by atoms with van der Waals surface area (Å²) in [5.41, 5.74) is 0. The Balaban J connectivity index is 3.38. The van der Waals surface area contributed by atoms with Crippen LogP contribution in [0.5, 0.6) is 0 Å². The van der Waals surface area contributed by atoms with Gasteiger partial charge in [0.25, 0.3) is 0 Å². The van der Waals surface area contributed by atoms with Crippen LogP contribution < -0.4 is 0 Å². The van der Waals surface area contributed by atoms with E-state index in [1.807, 2.05) is 6.92 Å². The summed E-state index contributed by atoms with van der Waals surface area (Å²) in [7, 11) is 0. The van der Waals surface area contributed by atoms with E-state index in [0.717, 1.165) is 12.6 Å². The number of aldehydes is 2. The monoisotopic (exact) mass is 144 g/mol. The molecule has 0 aliphatic rings. The van der Waals surface area contributed by atoms with Crippen LogP contribution in [-0.2, 0) is 14.3 Å². The Morgan fingerprint density at radius 3 is 2.60 bits per heavy atom. The Labute approximate surface area is 60.4 Å². The summed E-state index contributed by atoms with van der Waals surface area (Å²) in [6, 6.07) is 0. The fourth-order valence-electron chi connectivity index (χ4n) is 0.637. The molecule has 10 heavy (non-hydrogen) atoms. The molecule has 0 heterocycles. The van der Waals surface area contributed by atoms with E-state index in [4.69, 9.17) is 4.74 Å². The lowest BCUT2D eigenvalue weighted by Gasteiger charge is -2.06. The number of hydrogen-bond acceptors (Lipinski definition) is 3. The molecular weight excluding hydrogens is 132 g/mol. The summed E-state index contributed by atoms with van der Waals surface area (Å²) in [5, 5.41) is 0. The average Bonchev–Trinajstić information content (AvgIpc) is 1.98. The van der Waals surface area contributed by atoms with Crippen molar-refractivity contribution in [3.05, 3.63) is 0 Å². The van der Waals surface area contributed by atoms with Crippen LogP contribution >= 0.6 is 0 Å². The van der Waals surface area contributed by atoms with Crippen LogP contribution in [-0.4, -0.2) is 25.3 Å². The van der Waals surface area contributed by atoms with Crippen molar-refractivity contribution < 1.29 is 14.3 Å². The van der Waals surface area contributed by atoms with Gasteiger partial charge in [0, 0.05) is 13.0 Å². The van der Waals surface area contributed by atoms with Crippen LogP contribution in [0.4, 0.5) is 0 Å². The molecule has 0 fully saturated rings. The minimum atomic E-state index is -0.393. The predicted molar refractivity (Wildman–Crippen MR) is 36.8 cm³/mol. The molecule has 0 amide bonds. The molecule has 0 spiro atoms. The van der Waals surface area contributed by atoms with Crippen molar-refractivity contribution >= 4 is 12.6 Å². The van der Waals surface area contributed by atoms with E-state index in [2.05, 4.69) is 0 Å². The molecule has 1 unspecified atom stereocenters. The second-order valence-electron chi connectivity index (χ2n) is 1.87. The van der Waals surface area contributed by atoms with Gasteiger partial charge in [-0.25, -0.2) is 0 Å². The Hall–Kier alpha value is -0.700. The van der Waals surface area contributed by atoms with Crippen LogP contribution in [0.15, 0.2) is 0 Å². The zero-order valence-electron chi connectivity index (χ0n) is 6.08. The van der Waals surface area contributed by atoms with Gasteiger partial charge in [0.1, 0.15) is 18.7 Å². The average molecular weight is 144 g/mol. The Bertz CT molecular complexity index is 101. The molecule has 0 aliphatic heterocycles. The highest BCUT2D eigenvalue weighted by molar-refractivity contribution is 5.57. The van der Waals surface area contributed by atoms with Gasteiger partial charge in [-0.05, 0) is 13.3 Å². The number of carbonyl (C=O) groups is 2. The maximum atomic E-state index is 10.2. The Morgan fingerprint density at radius 2 is 2.20 bits per heavy atom. The summed E-state index contributed by atoms with van der Waals surface area (Å²) >= 11 is 0. The van der Waals surface area contributed by atoms with E-state index in [1.165, 1.54) is 0 Å². The molecule has 3 heteroatoms. The summed E-state index contributed by atoms with van der Waals surface area (Å²) in [6.07, 6.45) is 2.02. The van der Waals surface area contributed by atoms with E-state index in [9.17, 15) is 9.59 Å². The molecule has 1 atom stereocenters. The van der Waals surface area contributed by atoms with Gasteiger partial charge in [0.05, 0.1) is 0 Å². The summed E-state index contributed by atoms with van der Waals surface area (Å²) in [6.45, 7) is 2.33. The number of ether oxygens (including phenoxy) is 1. The molecule has 0 saturated heterocycles. The van der Waals surface area contributed by atoms with E-state index >= 15 is 0 Å². The SMILES string of the molecule is CCOC(C=O)CCC=O. The van der Waals surface area contributed by atoms with Crippen molar-refractivity contribution in [3.63, 3.8) is 0 Å². The fraction of sp³-hybridized carbons (Fsp3) is 0.714. The first-order valence-electron chi connectivity index (χ1n) is 3.35. The highest BCUT2D eigenvalue weighted by atomic mass is 16.5. The predicted octanol–water partition coefficient (Wildman–Crippen LogP) is 0.569. The van der Waals surface area contributed by atoms with Gasteiger partial charge in [-0.1, -0.05) is 0 Å². The maximum Gasteiger partial charge on any atom is 0.148 e. The van der Waals surface area contributed by atoms with Gasteiger partial charge in [-0.2, -0.15) is 0 Å². The second kappa shape index (κ2) is 6.42. The van der Waals surface area contributed by atoms with Crippen LogP contribution in [0.3, 0.4) is 0 Å².